The molecule has 0 aliphatic rings. The largest absolute Gasteiger partial charge is 0.398 e. The highest BCUT2D eigenvalue weighted by Crippen LogP contribution is 2.33. The second kappa shape index (κ2) is 6.28. The van der Waals surface area contributed by atoms with Gasteiger partial charge >= 0.3 is 0 Å². The molecule has 0 aliphatic carbocycles. The van der Waals surface area contributed by atoms with Crippen LogP contribution in [0.1, 0.15) is 11.5 Å². The van der Waals surface area contributed by atoms with Gasteiger partial charge in [0, 0.05) is 10.6 Å². The van der Waals surface area contributed by atoms with E-state index >= 15 is 0 Å². The molecular weight excluding hydrogens is 254 g/mol. The van der Waals surface area contributed by atoms with Crippen molar-refractivity contribution in [2.75, 3.05) is 5.73 Å². The first kappa shape index (κ1) is 13.5. The predicted octanol–water partition coefficient (Wildman–Crippen LogP) is 2.95. The minimum atomic E-state index is -0.356. The molecular formula is C15H15N3S. The lowest BCUT2D eigenvalue weighted by Crippen LogP contribution is -2.24. The van der Waals surface area contributed by atoms with Crippen molar-refractivity contribution in [2.24, 2.45) is 5.73 Å². The molecule has 3 nitrogen and oxygen atoms in total. The van der Waals surface area contributed by atoms with Gasteiger partial charge in [0.1, 0.15) is 0 Å². The Morgan fingerprint density at radius 3 is 2.26 bits per heavy atom. The van der Waals surface area contributed by atoms with Gasteiger partial charge in [0.15, 0.2) is 0 Å². The Morgan fingerprint density at radius 1 is 1.00 bits per heavy atom. The van der Waals surface area contributed by atoms with Crippen molar-refractivity contribution < 1.29 is 0 Å². The first-order valence-corrected chi connectivity index (χ1v) is 6.81. The Hall–Kier alpha value is -1.96. The third-order valence-corrected chi connectivity index (χ3v) is 3.98. The number of anilines is 1. The van der Waals surface area contributed by atoms with Crippen molar-refractivity contribution in [3.05, 3.63) is 60.2 Å². The molecule has 0 aliphatic heterocycles. The predicted molar refractivity (Wildman–Crippen MR) is 79.5 cm³/mol. The van der Waals surface area contributed by atoms with E-state index in [-0.39, 0.29) is 11.3 Å². The maximum absolute atomic E-state index is 9.32. The molecule has 2 atom stereocenters. The summed E-state index contributed by atoms with van der Waals surface area (Å²) in [5.41, 5.74) is 13.7. The van der Waals surface area contributed by atoms with Crippen LogP contribution in [0.4, 0.5) is 5.69 Å². The van der Waals surface area contributed by atoms with Gasteiger partial charge in [0.2, 0.25) is 0 Å². The Morgan fingerprint density at radius 2 is 1.63 bits per heavy atom. The summed E-state index contributed by atoms with van der Waals surface area (Å²) in [4.78, 5) is 0.909. The summed E-state index contributed by atoms with van der Waals surface area (Å²) >= 11 is 1.43. The zero-order valence-corrected chi connectivity index (χ0v) is 11.2. The molecule has 2 aromatic rings. The van der Waals surface area contributed by atoms with Gasteiger partial charge in [-0.25, -0.2) is 0 Å². The van der Waals surface area contributed by atoms with E-state index in [2.05, 4.69) is 6.07 Å². The Labute approximate surface area is 117 Å². The van der Waals surface area contributed by atoms with E-state index in [1.807, 2.05) is 54.6 Å². The number of nitriles is 1. The number of hydrogen-bond donors (Lipinski definition) is 2. The first-order valence-electron chi connectivity index (χ1n) is 5.93. The molecule has 4 heteroatoms. The molecule has 2 rings (SSSR count). The van der Waals surface area contributed by atoms with Crippen LogP contribution in [0.15, 0.2) is 59.5 Å². The number of thioether (sulfide) groups is 1. The van der Waals surface area contributed by atoms with Crippen molar-refractivity contribution in [1.29, 1.82) is 5.26 Å². The van der Waals surface area contributed by atoms with Gasteiger partial charge < -0.3 is 11.5 Å². The van der Waals surface area contributed by atoms with Crippen LogP contribution in [0.5, 0.6) is 0 Å². The molecule has 0 amide bonds. The minimum Gasteiger partial charge on any atom is -0.398 e. The van der Waals surface area contributed by atoms with Crippen LogP contribution >= 0.6 is 11.8 Å². The van der Waals surface area contributed by atoms with E-state index in [9.17, 15) is 5.26 Å². The summed E-state index contributed by atoms with van der Waals surface area (Å²) in [5, 5.41) is 8.97. The average molecular weight is 269 g/mol. The summed E-state index contributed by atoms with van der Waals surface area (Å²) in [7, 11) is 0. The van der Waals surface area contributed by atoms with E-state index in [0.29, 0.717) is 5.69 Å². The number of nitrogen functional groups attached to an aromatic ring is 1. The Kier molecular flexibility index (Phi) is 4.45. The average Bonchev–Trinajstić information content (AvgIpc) is 2.43. The number of para-hydroxylation sites is 1. The molecule has 96 valence electrons. The highest BCUT2D eigenvalue weighted by Gasteiger charge is 2.20. The van der Waals surface area contributed by atoms with Crippen LogP contribution in [0.3, 0.4) is 0 Å². The molecule has 0 saturated heterocycles. The molecule has 0 heterocycles. The van der Waals surface area contributed by atoms with Crippen molar-refractivity contribution in [1.82, 2.24) is 0 Å². The second-order valence-corrected chi connectivity index (χ2v) is 5.36. The molecule has 0 saturated carbocycles. The maximum Gasteiger partial charge on any atom is 0.0960 e. The molecule has 0 bridgehead atoms. The van der Waals surface area contributed by atoms with Crippen LogP contribution in [0.25, 0.3) is 0 Å². The normalized spacial score (nSPS) is 13.5. The van der Waals surface area contributed by atoms with Gasteiger partial charge in [-0.3, -0.25) is 0 Å². The maximum atomic E-state index is 9.32. The molecule has 4 N–H and O–H groups in total. The standard InChI is InChI=1S/C15H15N3S/c16-10-12(11-6-2-1-3-7-11)15(18)19-14-9-5-4-8-13(14)17/h1-9,12,15H,17-18H2. The monoisotopic (exact) mass is 269 g/mol. The fraction of sp³-hybridized carbons (Fsp3) is 0.133. The minimum absolute atomic E-state index is 0.350. The van der Waals surface area contributed by atoms with Crippen molar-refractivity contribution >= 4 is 17.4 Å². The third-order valence-electron chi connectivity index (χ3n) is 2.81. The summed E-state index contributed by atoms with van der Waals surface area (Å²) in [6, 6.07) is 19.4. The zero-order valence-electron chi connectivity index (χ0n) is 10.4. The van der Waals surface area contributed by atoms with Gasteiger partial charge in [-0.2, -0.15) is 5.26 Å². The van der Waals surface area contributed by atoms with Gasteiger partial charge in [0.25, 0.3) is 0 Å². The fourth-order valence-electron chi connectivity index (χ4n) is 1.80. The Bertz CT molecular complexity index is 577. The number of hydrogen-bond acceptors (Lipinski definition) is 4. The molecule has 19 heavy (non-hydrogen) atoms. The lowest BCUT2D eigenvalue weighted by atomic mass is 10.0. The van der Waals surface area contributed by atoms with Crippen LogP contribution < -0.4 is 11.5 Å². The molecule has 0 aromatic heterocycles. The number of rotatable bonds is 4. The summed E-state index contributed by atoms with van der Waals surface area (Å²) < 4.78 is 0. The van der Waals surface area contributed by atoms with E-state index in [1.54, 1.807) is 0 Å². The number of nitrogens with zero attached hydrogens (tertiary/aromatic N) is 1. The fourth-order valence-corrected chi connectivity index (χ4v) is 2.81. The van der Waals surface area contributed by atoms with E-state index in [0.717, 1.165) is 10.5 Å². The second-order valence-electron chi connectivity index (χ2n) is 4.14. The topological polar surface area (TPSA) is 75.8 Å². The van der Waals surface area contributed by atoms with Crippen LogP contribution in [-0.2, 0) is 0 Å². The smallest absolute Gasteiger partial charge is 0.0960 e. The molecule has 2 aromatic carbocycles. The lowest BCUT2D eigenvalue weighted by Gasteiger charge is -2.18. The molecule has 0 radical (unpaired) electrons. The van der Waals surface area contributed by atoms with Crippen LogP contribution in [-0.4, -0.2) is 5.37 Å². The van der Waals surface area contributed by atoms with Gasteiger partial charge in [-0.05, 0) is 17.7 Å². The highest BCUT2D eigenvalue weighted by atomic mass is 32.2. The third kappa shape index (κ3) is 3.28. The summed E-state index contributed by atoms with van der Waals surface area (Å²) in [6.07, 6.45) is 0. The van der Waals surface area contributed by atoms with Crippen LogP contribution in [0, 0.1) is 11.3 Å². The molecule has 0 spiro atoms. The quantitative estimate of drug-likeness (QED) is 0.508. The number of benzene rings is 2. The lowest BCUT2D eigenvalue weighted by molar-refractivity contribution is 0.807. The van der Waals surface area contributed by atoms with E-state index in [4.69, 9.17) is 11.5 Å². The summed E-state index contributed by atoms with van der Waals surface area (Å²) in [5.74, 6) is -0.356. The van der Waals surface area contributed by atoms with Crippen molar-refractivity contribution in [3.63, 3.8) is 0 Å². The number of nitrogens with two attached hydrogens (primary N) is 2. The molecule has 0 fully saturated rings. The molecule has 2 unspecified atom stereocenters. The highest BCUT2D eigenvalue weighted by molar-refractivity contribution is 8.00. The van der Waals surface area contributed by atoms with E-state index < -0.39 is 0 Å². The van der Waals surface area contributed by atoms with Gasteiger partial charge in [-0.1, -0.05) is 42.5 Å². The van der Waals surface area contributed by atoms with Crippen molar-refractivity contribution in [2.45, 2.75) is 16.2 Å². The van der Waals surface area contributed by atoms with Crippen molar-refractivity contribution in [3.8, 4) is 6.07 Å². The Balaban J connectivity index is 2.17. The SMILES string of the molecule is N#CC(c1ccccc1)C(N)Sc1ccccc1N. The first-order chi connectivity index (χ1) is 9.22. The summed E-state index contributed by atoms with van der Waals surface area (Å²) in [6.45, 7) is 0. The van der Waals surface area contributed by atoms with Gasteiger partial charge in [-0.15, -0.1) is 11.8 Å². The van der Waals surface area contributed by atoms with Gasteiger partial charge in [0.05, 0.1) is 17.4 Å². The van der Waals surface area contributed by atoms with Crippen LogP contribution in [0.2, 0.25) is 0 Å². The zero-order chi connectivity index (χ0) is 13.7. The van der Waals surface area contributed by atoms with E-state index in [1.165, 1.54) is 11.8 Å².